The minimum atomic E-state index is 1.17. The van der Waals surface area contributed by atoms with Gasteiger partial charge in [0, 0.05) is 0 Å². The Labute approximate surface area is 120 Å². The monoisotopic (exact) mass is 260 g/mol. The fourth-order valence-corrected chi connectivity index (χ4v) is 1.97. The van der Waals surface area contributed by atoms with Crippen LogP contribution in [0, 0.1) is 0 Å². The molecule has 0 aliphatic carbocycles. The van der Waals surface area contributed by atoms with E-state index in [9.17, 15) is 0 Å². The molecule has 1 rings (SSSR count). The molecule has 0 aliphatic rings. The van der Waals surface area contributed by atoms with Crippen molar-refractivity contribution < 1.29 is 0 Å². The highest BCUT2D eigenvalue weighted by atomic mass is 14.0. The quantitative estimate of drug-likeness (QED) is 0.425. The highest BCUT2D eigenvalue weighted by Crippen LogP contribution is 2.08. The van der Waals surface area contributed by atoms with Crippen molar-refractivity contribution in [2.75, 3.05) is 0 Å². The van der Waals surface area contributed by atoms with E-state index in [1.165, 1.54) is 63.4 Å². The molecule has 0 aromatic heterocycles. The molecular weight excluding hydrogens is 228 g/mol. The normalized spacial score (nSPS) is 9.58. The summed E-state index contributed by atoms with van der Waals surface area (Å²) >= 11 is 0. The van der Waals surface area contributed by atoms with Crippen molar-refractivity contribution in [2.45, 2.75) is 71.6 Å². The Morgan fingerprint density at radius 2 is 1.16 bits per heavy atom. The second kappa shape index (κ2) is 15.0. The van der Waals surface area contributed by atoms with Crippen molar-refractivity contribution in [1.29, 1.82) is 0 Å². The molecule has 0 atom stereocenters. The fourth-order valence-electron chi connectivity index (χ4n) is 1.97. The first kappa shape index (κ1) is 18.0. The smallest absolute Gasteiger partial charge is 0.0263 e. The van der Waals surface area contributed by atoms with Gasteiger partial charge >= 0.3 is 0 Å². The zero-order valence-electron chi connectivity index (χ0n) is 13.0. The Morgan fingerprint density at radius 3 is 1.47 bits per heavy atom. The van der Waals surface area contributed by atoms with Crippen molar-refractivity contribution in [1.82, 2.24) is 0 Å². The van der Waals surface area contributed by atoms with Gasteiger partial charge in [-0.15, -0.1) is 0 Å². The van der Waals surface area contributed by atoms with E-state index in [1.54, 1.807) is 0 Å². The van der Waals surface area contributed by atoms with Crippen molar-refractivity contribution in [2.24, 2.45) is 0 Å². The molecule has 0 bridgehead atoms. The molecule has 0 fully saturated rings. The Balaban J connectivity index is 0.000000356. The third-order valence-corrected chi connectivity index (χ3v) is 3.24. The van der Waals surface area contributed by atoms with E-state index in [4.69, 9.17) is 0 Å². The van der Waals surface area contributed by atoms with Gasteiger partial charge < -0.3 is 0 Å². The van der Waals surface area contributed by atoms with E-state index < -0.39 is 0 Å². The van der Waals surface area contributed by atoms with Gasteiger partial charge in [-0.25, -0.2) is 0 Å². The minimum Gasteiger partial charge on any atom is -0.0985 e. The molecule has 0 heterocycles. The number of benzene rings is 1. The fraction of sp³-hybridized carbons (Fsp3) is 0.579. The Morgan fingerprint density at radius 1 is 0.737 bits per heavy atom. The van der Waals surface area contributed by atoms with E-state index in [0.717, 1.165) is 0 Å². The van der Waals surface area contributed by atoms with Gasteiger partial charge in [0.2, 0.25) is 0 Å². The van der Waals surface area contributed by atoms with Gasteiger partial charge in [-0.05, 0) is 5.56 Å². The predicted octanol–water partition coefficient (Wildman–Crippen LogP) is 6.87. The van der Waals surface area contributed by atoms with E-state index in [2.05, 4.69) is 20.4 Å². The highest BCUT2D eigenvalue weighted by Gasteiger charge is 1.89. The molecule has 0 heteroatoms. The van der Waals surface area contributed by atoms with Gasteiger partial charge in [-0.2, -0.15) is 0 Å². The Bertz CT molecular complexity index is 265. The first-order valence-corrected chi connectivity index (χ1v) is 8.02. The molecule has 108 valence electrons. The lowest BCUT2D eigenvalue weighted by atomic mass is 10.1. The maximum Gasteiger partial charge on any atom is -0.0263 e. The van der Waals surface area contributed by atoms with Crippen molar-refractivity contribution in [3.63, 3.8) is 0 Å². The second-order valence-electron chi connectivity index (χ2n) is 5.09. The van der Waals surface area contributed by atoms with Crippen molar-refractivity contribution in [3.8, 4) is 0 Å². The first-order valence-electron chi connectivity index (χ1n) is 8.02. The van der Waals surface area contributed by atoms with Gasteiger partial charge in [0.15, 0.2) is 0 Å². The van der Waals surface area contributed by atoms with Crippen LogP contribution in [0.15, 0.2) is 36.9 Å². The molecular formula is C19H32. The van der Waals surface area contributed by atoms with E-state index in [1.807, 2.05) is 36.4 Å². The van der Waals surface area contributed by atoms with Crippen LogP contribution in [-0.4, -0.2) is 0 Å². The number of rotatable bonds is 9. The summed E-state index contributed by atoms with van der Waals surface area (Å²) in [6.07, 6.45) is 14.8. The van der Waals surface area contributed by atoms with Gasteiger partial charge in [0.05, 0.1) is 0 Å². The molecule has 0 radical (unpaired) electrons. The van der Waals surface area contributed by atoms with Gasteiger partial charge in [-0.1, -0.05) is 115 Å². The summed E-state index contributed by atoms with van der Waals surface area (Å²) in [6.45, 7) is 8.18. The Kier molecular flexibility index (Phi) is 14.2. The molecule has 0 unspecified atom stereocenters. The van der Waals surface area contributed by atoms with Crippen LogP contribution in [0.2, 0.25) is 0 Å². The molecule has 0 N–H and O–H groups in total. The van der Waals surface area contributed by atoms with Gasteiger partial charge in [0.1, 0.15) is 0 Å². The Hall–Kier alpha value is -1.04. The summed E-state index contributed by atoms with van der Waals surface area (Å²) in [5, 5.41) is 0. The molecule has 0 spiro atoms. The topological polar surface area (TPSA) is 0 Å². The molecule has 0 aliphatic heterocycles. The van der Waals surface area contributed by atoms with Gasteiger partial charge in [0.25, 0.3) is 0 Å². The summed E-state index contributed by atoms with van der Waals surface area (Å²) in [7, 11) is 0. The van der Waals surface area contributed by atoms with E-state index >= 15 is 0 Å². The summed E-state index contributed by atoms with van der Waals surface area (Å²) in [6, 6.07) is 10.0. The summed E-state index contributed by atoms with van der Waals surface area (Å²) in [5.74, 6) is 0. The third kappa shape index (κ3) is 13.2. The van der Waals surface area contributed by atoms with Crippen LogP contribution < -0.4 is 0 Å². The van der Waals surface area contributed by atoms with Crippen LogP contribution in [0.25, 0.3) is 6.08 Å². The maximum atomic E-state index is 3.63. The van der Waals surface area contributed by atoms with E-state index in [0.29, 0.717) is 0 Å². The van der Waals surface area contributed by atoms with Crippen molar-refractivity contribution >= 4 is 6.08 Å². The molecule has 0 amide bonds. The number of unbranched alkanes of at least 4 members (excludes halogenated alkanes) is 8. The molecule has 1 aromatic rings. The number of hydrogen-bond acceptors (Lipinski definition) is 0. The molecule has 0 saturated heterocycles. The summed E-state index contributed by atoms with van der Waals surface area (Å²) in [5.41, 5.74) is 1.17. The van der Waals surface area contributed by atoms with Crippen LogP contribution in [-0.2, 0) is 0 Å². The predicted molar refractivity (Wildman–Crippen MR) is 89.4 cm³/mol. The second-order valence-corrected chi connectivity index (χ2v) is 5.09. The first-order chi connectivity index (χ1) is 9.35. The third-order valence-electron chi connectivity index (χ3n) is 3.24. The van der Waals surface area contributed by atoms with Crippen LogP contribution in [0.1, 0.15) is 77.2 Å². The lowest BCUT2D eigenvalue weighted by Crippen LogP contribution is -1.79. The largest absolute Gasteiger partial charge is 0.0985 e. The molecule has 0 saturated carbocycles. The lowest BCUT2D eigenvalue weighted by molar-refractivity contribution is 0.572. The minimum absolute atomic E-state index is 1.17. The van der Waals surface area contributed by atoms with Gasteiger partial charge in [-0.3, -0.25) is 0 Å². The van der Waals surface area contributed by atoms with Crippen LogP contribution in [0.3, 0.4) is 0 Å². The van der Waals surface area contributed by atoms with Crippen LogP contribution in [0.4, 0.5) is 0 Å². The highest BCUT2D eigenvalue weighted by molar-refractivity contribution is 5.45. The number of hydrogen-bond donors (Lipinski definition) is 0. The zero-order chi connectivity index (χ0) is 14.2. The lowest BCUT2D eigenvalue weighted by Gasteiger charge is -1.98. The van der Waals surface area contributed by atoms with Crippen LogP contribution in [0.5, 0.6) is 0 Å². The molecule has 0 nitrogen and oxygen atoms in total. The average Bonchev–Trinajstić information content (AvgIpc) is 2.48. The SMILES string of the molecule is C=Cc1ccccc1.CCCCCCCCCCC. The molecule has 19 heavy (non-hydrogen) atoms. The standard InChI is InChI=1S/C11H24.C8H8/c1-3-5-7-9-11-10-8-6-4-2;1-2-8-6-4-3-5-7-8/h3-11H2,1-2H3;2-7H,1H2. The van der Waals surface area contributed by atoms with Crippen LogP contribution >= 0.6 is 0 Å². The maximum absolute atomic E-state index is 3.63. The summed E-state index contributed by atoms with van der Waals surface area (Å²) in [4.78, 5) is 0. The average molecular weight is 260 g/mol. The van der Waals surface area contributed by atoms with E-state index in [-0.39, 0.29) is 0 Å². The summed E-state index contributed by atoms with van der Waals surface area (Å²) < 4.78 is 0. The zero-order valence-corrected chi connectivity index (χ0v) is 13.0. The molecule has 1 aromatic carbocycles. The van der Waals surface area contributed by atoms with Crippen molar-refractivity contribution in [3.05, 3.63) is 42.5 Å².